The standard InChI is InChI=1S/C12H23N3S/c1-5-6-7-13-9-11(3)16-12-8-10(2)14-15(12)4/h8,11,13H,5-7,9H2,1-4H3. The molecule has 0 fully saturated rings. The zero-order chi connectivity index (χ0) is 12.0. The second kappa shape index (κ2) is 6.97. The van der Waals surface area contributed by atoms with Crippen LogP contribution in [0.5, 0.6) is 0 Å². The van der Waals surface area contributed by atoms with Gasteiger partial charge >= 0.3 is 0 Å². The van der Waals surface area contributed by atoms with Crippen LogP contribution in [0.25, 0.3) is 0 Å². The molecule has 1 unspecified atom stereocenters. The van der Waals surface area contributed by atoms with Crippen LogP contribution in [0.4, 0.5) is 0 Å². The minimum Gasteiger partial charge on any atom is -0.316 e. The summed E-state index contributed by atoms with van der Waals surface area (Å²) in [5, 5.41) is 9.67. The Balaban J connectivity index is 2.28. The predicted octanol–water partition coefficient (Wildman–Crippen LogP) is 2.60. The highest BCUT2D eigenvalue weighted by atomic mass is 32.2. The van der Waals surface area contributed by atoms with Crippen molar-refractivity contribution in [3.8, 4) is 0 Å². The third-order valence-corrected chi connectivity index (χ3v) is 3.61. The summed E-state index contributed by atoms with van der Waals surface area (Å²) in [7, 11) is 2.01. The molecule has 0 aliphatic carbocycles. The van der Waals surface area contributed by atoms with Gasteiger partial charge in [-0.15, -0.1) is 11.8 Å². The summed E-state index contributed by atoms with van der Waals surface area (Å²) in [5.74, 6) is 0. The maximum absolute atomic E-state index is 4.35. The zero-order valence-corrected chi connectivity index (χ0v) is 11.6. The van der Waals surface area contributed by atoms with Crippen molar-refractivity contribution in [2.75, 3.05) is 13.1 Å². The van der Waals surface area contributed by atoms with Crippen LogP contribution in [0.15, 0.2) is 11.1 Å². The minimum absolute atomic E-state index is 0.589. The molecule has 0 bridgehead atoms. The lowest BCUT2D eigenvalue weighted by Gasteiger charge is -2.11. The topological polar surface area (TPSA) is 29.9 Å². The molecule has 0 aliphatic rings. The van der Waals surface area contributed by atoms with Crippen LogP contribution in [0.2, 0.25) is 0 Å². The molecule has 1 atom stereocenters. The van der Waals surface area contributed by atoms with Gasteiger partial charge in [0, 0.05) is 18.8 Å². The van der Waals surface area contributed by atoms with E-state index in [1.54, 1.807) is 0 Å². The van der Waals surface area contributed by atoms with E-state index in [2.05, 4.69) is 30.3 Å². The molecular formula is C12H23N3S. The molecular weight excluding hydrogens is 218 g/mol. The summed E-state index contributed by atoms with van der Waals surface area (Å²) < 4.78 is 1.96. The van der Waals surface area contributed by atoms with Crippen LogP contribution in [-0.4, -0.2) is 28.1 Å². The number of thioether (sulfide) groups is 1. The van der Waals surface area contributed by atoms with Crippen LogP contribution >= 0.6 is 11.8 Å². The van der Waals surface area contributed by atoms with Crippen LogP contribution in [0.1, 0.15) is 32.4 Å². The summed E-state index contributed by atoms with van der Waals surface area (Å²) in [6, 6.07) is 2.15. The molecule has 1 rings (SSSR count). The number of aromatic nitrogens is 2. The molecule has 92 valence electrons. The van der Waals surface area contributed by atoms with E-state index < -0.39 is 0 Å². The van der Waals surface area contributed by atoms with Gasteiger partial charge in [0.15, 0.2) is 0 Å². The third-order valence-electron chi connectivity index (χ3n) is 2.42. The van der Waals surface area contributed by atoms with Crippen LogP contribution in [-0.2, 0) is 7.05 Å². The second-order valence-electron chi connectivity index (χ2n) is 4.23. The summed E-state index contributed by atoms with van der Waals surface area (Å²) >= 11 is 1.89. The maximum atomic E-state index is 4.35. The Morgan fingerprint density at radius 2 is 2.31 bits per heavy atom. The molecule has 1 aromatic heterocycles. The normalized spacial score (nSPS) is 13.0. The van der Waals surface area contributed by atoms with Crippen LogP contribution in [0, 0.1) is 6.92 Å². The first-order valence-corrected chi connectivity index (χ1v) is 6.89. The SMILES string of the molecule is CCCCNCC(C)Sc1cc(C)nn1C. The van der Waals surface area contributed by atoms with Crippen molar-refractivity contribution < 1.29 is 0 Å². The van der Waals surface area contributed by atoms with Gasteiger partial charge in [0.2, 0.25) is 0 Å². The van der Waals surface area contributed by atoms with E-state index in [0.717, 1.165) is 18.8 Å². The Labute approximate surface area is 103 Å². The Morgan fingerprint density at radius 3 is 2.88 bits per heavy atom. The maximum Gasteiger partial charge on any atom is 0.0942 e. The van der Waals surface area contributed by atoms with Gasteiger partial charge in [0.25, 0.3) is 0 Å². The molecule has 0 saturated carbocycles. The number of aryl methyl sites for hydroxylation is 2. The first-order chi connectivity index (χ1) is 7.63. The largest absolute Gasteiger partial charge is 0.316 e. The zero-order valence-electron chi connectivity index (χ0n) is 10.8. The lowest BCUT2D eigenvalue weighted by Crippen LogP contribution is -2.23. The highest BCUT2D eigenvalue weighted by molar-refractivity contribution is 7.99. The fourth-order valence-corrected chi connectivity index (χ4v) is 2.60. The van der Waals surface area contributed by atoms with E-state index in [4.69, 9.17) is 0 Å². The average molecular weight is 241 g/mol. The minimum atomic E-state index is 0.589. The van der Waals surface area contributed by atoms with E-state index in [-0.39, 0.29) is 0 Å². The number of unbranched alkanes of at least 4 members (excludes halogenated alkanes) is 1. The lowest BCUT2D eigenvalue weighted by atomic mass is 10.3. The van der Waals surface area contributed by atoms with Gasteiger partial charge in [-0.3, -0.25) is 4.68 Å². The Kier molecular flexibility index (Phi) is 5.91. The Hall–Kier alpha value is -0.480. The average Bonchev–Trinajstić information content (AvgIpc) is 2.52. The van der Waals surface area contributed by atoms with Gasteiger partial charge < -0.3 is 5.32 Å². The number of nitrogens with one attached hydrogen (secondary N) is 1. The molecule has 0 spiro atoms. The van der Waals surface area contributed by atoms with Gasteiger partial charge in [-0.2, -0.15) is 5.10 Å². The van der Waals surface area contributed by atoms with Crippen molar-refractivity contribution in [3.05, 3.63) is 11.8 Å². The molecule has 0 aliphatic heterocycles. The molecule has 1 heterocycles. The van der Waals surface area contributed by atoms with Gasteiger partial charge in [-0.25, -0.2) is 0 Å². The van der Waals surface area contributed by atoms with E-state index in [9.17, 15) is 0 Å². The molecule has 3 nitrogen and oxygen atoms in total. The van der Waals surface area contributed by atoms with Crippen LogP contribution in [0.3, 0.4) is 0 Å². The number of nitrogens with zero attached hydrogens (tertiary/aromatic N) is 2. The van der Waals surface area contributed by atoms with Gasteiger partial charge in [-0.05, 0) is 26.0 Å². The quantitative estimate of drug-likeness (QED) is 0.588. The Bertz CT molecular complexity index is 309. The van der Waals surface area contributed by atoms with Crippen molar-refractivity contribution in [2.24, 2.45) is 7.05 Å². The molecule has 1 N–H and O–H groups in total. The van der Waals surface area contributed by atoms with E-state index in [1.165, 1.54) is 17.9 Å². The van der Waals surface area contributed by atoms with Crippen molar-refractivity contribution in [2.45, 2.75) is 43.9 Å². The molecule has 16 heavy (non-hydrogen) atoms. The molecule has 1 aromatic rings. The number of rotatable bonds is 7. The summed E-state index contributed by atoms with van der Waals surface area (Å²) in [6.45, 7) is 8.71. The van der Waals surface area contributed by atoms with Gasteiger partial charge in [0.1, 0.15) is 0 Å². The summed E-state index contributed by atoms with van der Waals surface area (Å²) in [6.07, 6.45) is 2.53. The second-order valence-corrected chi connectivity index (χ2v) is 5.69. The van der Waals surface area contributed by atoms with Crippen molar-refractivity contribution in [1.82, 2.24) is 15.1 Å². The van der Waals surface area contributed by atoms with Crippen molar-refractivity contribution in [3.63, 3.8) is 0 Å². The van der Waals surface area contributed by atoms with Gasteiger partial charge in [0.05, 0.1) is 10.7 Å². The third kappa shape index (κ3) is 4.58. The summed E-state index contributed by atoms with van der Waals surface area (Å²) in [4.78, 5) is 0. The van der Waals surface area contributed by atoms with Crippen molar-refractivity contribution >= 4 is 11.8 Å². The van der Waals surface area contributed by atoms with E-state index in [1.807, 2.05) is 30.4 Å². The Morgan fingerprint density at radius 1 is 1.56 bits per heavy atom. The monoisotopic (exact) mass is 241 g/mol. The number of hydrogen-bond donors (Lipinski definition) is 1. The smallest absolute Gasteiger partial charge is 0.0942 e. The fourth-order valence-electron chi connectivity index (χ4n) is 1.55. The highest BCUT2D eigenvalue weighted by Crippen LogP contribution is 2.22. The highest BCUT2D eigenvalue weighted by Gasteiger charge is 2.08. The lowest BCUT2D eigenvalue weighted by molar-refractivity contribution is 0.636. The summed E-state index contributed by atoms with van der Waals surface area (Å²) in [5.41, 5.74) is 1.09. The van der Waals surface area contributed by atoms with E-state index >= 15 is 0 Å². The van der Waals surface area contributed by atoms with E-state index in [0.29, 0.717) is 5.25 Å². The first kappa shape index (κ1) is 13.6. The molecule has 0 saturated heterocycles. The fraction of sp³-hybridized carbons (Fsp3) is 0.750. The number of hydrogen-bond acceptors (Lipinski definition) is 3. The molecule has 0 aromatic carbocycles. The van der Waals surface area contributed by atoms with Crippen LogP contribution < -0.4 is 5.32 Å². The predicted molar refractivity (Wildman–Crippen MR) is 71.0 cm³/mol. The molecule has 0 amide bonds. The van der Waals surface area contributed by atoms with Crippen molar-refractivity contribution in [1.29, 1.82) is 0 Å². The first-order valence-electron chi connectivity index (χ1n) is 6.01. The molecule has 4 heteroatoms. The van der Waals surface area contributed by atoms with Gasteiger partial charge in [-0.1, -0.05) is 20.3 Å². The molecule has 0 radical (unpaired) electrons.